The molecular formula is C12H17BrN2O2. The first-order valence-electron chi connectivity index (χ1n) is 5.55. The molecule has 3 N–H and O–H groups in total. The van der Waals surface area contributed by atoms with Crippen molar-refractivity contribution in [3.63, 3.8) is 0 Å². The van der Waals surface area contributed by atoms with E-state index in [0.717, 1.165) is 10.9 Å². The van der Waals surface area contributed by atoms with E-state index in [2.05, 4.69) is 15.9 Å². The smallest absolute Gasteiger partial charge is 0.255 e. The van der Waals surface area contributed by atoms with Gasteiger partial charge in [-0.05, 0) is 40.5 Å². The van der Waals surface area contributed by atoms with Crippen LogP contribution in [0.2, 0.25) is 0 Å². The van der Waals surface area contributed by atoms with Crippen LogP contribution in [-0.2, 0) is 0 Å². The van der Waals surface area contributed by atoms with E-state index in [-0.39, 0.29) is 12.5 Å². The molecule has 0 bridgehead atoms. The van der Waals surface area contributed by atoms with Crippen molar-refractivity contribution in [1.29, 1.82) is 0 Å². The Morgan fingerprint density at radius 2 is 2.18 bits per heavy atom. The Balaban J connectivity index is 2.95. The first-order chi connectivity index (χ1) is 8.10. The fourth-order valence-corrected chi connectivity index (χ4v) is 2.00. The van der Waals surface area contributed by atoms with E-state index in [1.165, 1.54) is 0 Å². The molecule has 0 aliphatic heterocycles. The number of hydrogen-bond acceptors (Lipinski definition) is 3. The summed E-state index contributed by atoms with van der Waals surface area (Å²) in [7, 11) is 0. The molecule has 0 fully saturated rings. The number of benzene rings is 1. The van der Waals surface area contributed by atoms with Gasteiger partial charge in [0.2, 0.25) is 0 Å². The van der Waals surface area contributed by atoms with Gasteiger partial charge in [-0.2, -0.15) is 0 Å². The van der Waals surface area contributed by atoms with Crippen LogP contribution in [0.1, 0.15) is 23.7 Å². The van der Waals surface area contributed by atoms with Gasteiger partial charge in [0.15, 0.2) is 0 Å². The van der Waals surface area contributed by atoms with Gasteiger partial charge in [0, 0.05) is 23.2 Å². The number of anilines is 1. The van der Waals surface area contributed by atoms with Gasteiger partial charge in [0.05, 0.1) is 12.2 Å². The lowest BCUT2D eigenvalue weighted by Crippen LogP contribution is -2.34. The first kappa shape index (κ1) is 14.0. The van der Waals surface area contributed by atoms with E-state index < -0.39 is 0 Å². The highest BCUT2D eigenvalue weighted by molar-refractivity contribution is 9.10. The van der Waals surface area contributed by atoms with Crippen LogP contribution in [0.5, 0.6) is 0 Å². The van der Waals surface area contributed by atoms with E-state index in [1.54, 1.807) is 23.1 Å². The quantitative estimate of drug-likeness (QED) is 0.816. The largest absolute Gasteiger partial charge is 0.399 e. The molecule has 94 valence electrons. The van der Waals surface area contributed by atoms with Gasteiger partial charge in [0.25, 0.3) is 5.91 Å². The Morgan fingerprint density at radius 1 is 1.47 bits per heavy atom. The standard InChI is InChI=1S/C12H17BrN2O2/c1-2-5-15(6-7-16)12(17)10-8-9(14)3-4-11(10)13/h3-4,8,16H,2,5-7,14H2,1H3. The fourth-order valence-electron chi connectivity index (χ4n) is 1.58. The number of nitrogens with two attached hydrogens (primary N) is 1. The summed E-state index contributed by atoms with van der Waals surface area (Å²) >= 11 is 3.34. The molecule has 0 saturated carbocycles. The minimum Gasteiger partial charge on any atom is -0.399 e. The zero-order valence-corrected chi connectivity index (χ0v) is 11.4. The average molecular weight is 301 g/mol. The molecule has 0 atom stereocenters. The summed E-state index contributed by atoms with van der Waals surface area (Å²) in [6, 6.07) is 5.13. The van der Waals surface area contributed by atoms with Crippen molar-refractivity contribution < 1.29 is 9.90 Å². The van der Waals surface area contributed by atoms with Gasteiger partial charge in [-0.25, -0.2) is 0 Å². The summed E-state index contributed by atoms with van der Waals surface area (Å²) in [6.07, 6.45) is 0.853. The number of halogens is 1. The molecule has 0 radical (unpaired) electrons. The molecule has 0 aliphatic rings. The minimum atomic E-state index is -0.111. The molecule has 1 rings (SSSR count). The topological polar surface area (TPSA) is 66.6 Å². The molecule has 4 nitrogen and oxygen atoms in total. The van der Waals surface area contributed by atoms with E-state index in [1.807, 2.05) is 6.92 Å². The summed E-state index contributed by atoms with van der Waals surface area (Å²) in [5.74, 6) is -0.111. The molecule has 0 aromatic heterocycles. The lowest BCUT2D eigenvalue weighted by atomic mass is 10.1. The lowest BCUT2D eigenvalue weighted by molar-refractivity contribution is 0.0721. The zero-order valence-electron chi connectivity index (χ0n) is 9.82. The van der Waals surface area contributed by atoms with Crippen LogP contribution in [0.3, 0.4) is 0 Å². The van der Waals surface area contributed by atoms with E-state index >= 15 is 0 Å². The number of carbonyl (C=O) groups excluding carboxylic acids is 1. The number of nitrogen functional groups attached to an aromatic ring is 1. The van der Waals surface area contributed by atoms with Gasteiger partial charge >= 0.3 is 0 Å². The summed E-state index contributed by atoms with van der Waals surface area (Å²) in [5, 5.41) is 8.95. The van der Waals surface area contributed by atoms with Crippen molar-refractivity contribution in [3.05, 3.63) is 28.2 Å². The van der Waals surface area contributed by atoms with Gasteiger partial charge in [0.1, 0.15) is 0 Å². The van der Waals surface area contributed by atoms with Gasteiger partial charge in [-0.15, -0.1) is 0 Å². The third-order valence-electron chi connectivity index (χ3n) is 2.37. The number of aliphatic hydroxyl groups excluding tert-OH is 1. The molecule has 17 heavy (non-hydrogen) atoms. The summed E-state index contributed by atoms with van der Waals surface area (Å²) < 4.78 is 0.718. The van der Waals surface area contributed by atoms with Crippen LogP contribution in [0.4, 0.5) is 5.69 Å². The third-order valence-corrected chi connectivity index (χ3v) is 3.06. The van der Waals surface area contributed by atoms with Crippen molar-refractivity contribution in [2.75, 3.05) is 25.4 Å². The molecule has 1 aromatic rings. The van der Waals surface area contributed by atoms with E-state index in [9.17, 15) is 4.79 Å². The first-order valence-corrected chi connectivity index (χ1v) is 6.34. The normalized spacial score (nSPS) is 10.3. The highest BCUT2D eigenvalue weighted by Crippen LogP contribution is 2.21. The maximum Gasteiger partial charge on any atom is 0.255 e. The molecular weight excluding hydrogens is 284 g/mol. The highest BCUT2D eigenvalue weighted by Gasteiger charge is 2.17. The van der Waals surface area contributed by atoms with Crippen molar-refractivity contribution in [2.24, 2.45) is 0 Å². The van der Waals surface area contributed by atoms with Crippen molar-refractivity contribution in [2.45, 2.75) is 13.3 Å². The van der Waals surface area contributed by atoms with Crippen LogP contribution in [-0.4, -0.2) is 35.6 Å². The molecule has 0 aliphatic carbocycles. The van der Waals surface area contributed by atoms with Gasteiger partial charge in [-0.3, -0.25) is 4.79 Å². The monoisotopic (exact) mass is 300 g/mol. The number of hydrogen-bond donors (Lipinski definition) is 2. The molecule has 5 heteroatoms. The number of nitrogens with zero attached hydrogens (tertiary/aromatic N) is 1. The van der Waals surface area contributed by atoms with Crippen LogP contribution in [0.15, 0.2) is 22.7 Å². The molecule has 0 saturated heterocycles. The Kier molecular flexibility index (Phi) is 5.44. The second-order valence-electron chi connectivity index (χ2n) is 3.76. The number of aliphatic hydroxyl groups is 1. The van der Waals surface area contributed by atoms with Crippen molar-refractivity contribution >= 4 is 27.5 Å². The Morgan fingerprint density at radius 3 is 2.76 bits per heavy atom. The molecule has 1 amide bonds. The van der Waals surface area contributed by atoms with Gasteiger partial charge in [-0.1, -0.05) is 6.92 Å². The molecule has 1 aromatic carbocycles. The third kappa shape index (κ3) is 3.71. The summed E-state index contributed by atoms with van der Waals surface area (Å²) in [6.45, 7) is 2.92. The Hall–Kier alpha value is -1.07. The van der Waals surface area contributed by atoms with Crippen molar-refractivity contribution in [3.8, 4) is 0 Å². The maximum absolute atomic E-state index is 12.2. The SMILES string of the molecule is CCCN(CCO)C(=O)c1cc(N)ccc1Br. The highest BCUT2D eigenvalue weighted by atomic mass is 79.9. The van der Waals surface area contributed by atoms with E-state index in [4.69, 9.17) is 10.8 Å². The zero-order chi connectivity index (χ0) is 12.8. The molecule has 0 heterocycles. The Bertz CT molecular complexity index is 390. The predicted octanol–water partition coefficient (Wildman–Crippen LogP) is 1.88. The van der Waals surface area contributed by atoms with Crippen LogP contribution in [0, 0.1) is 0 Å². The number of rotatable bonds is 5. The summed E-state index contributed by atoms with van der Waals surface area (Å²) in [4.78, 5) is 13.9. The average Bonchev–Trinajstić information content (AvgIpc) is 2.31. The minimum absolute atomic E-state index is 0.0360. The van der Waals surface area contributed by atoms with Crippen LogP contribution in [0.25, 0.3) is 0 Å². The van der Waals surface area contributed by atoms with Gasteiger partial charge < -0.3 is 15.7 Å². The summed E-state index contributed by atoms with van der Waals surface area (Å²) in [5.41, 5.74) is 6.76. The predicted molar refractivity (Wildman–Crippen MR) is 71.8 cm³/mol. The Labute approximate surface area is 110 Å². The molecule has 0 spiro atoms. The van der Waals surface area contributed by atoms with Crippen molar-refractivity contribution in [1.82, 2.24) is 4.90 Å². The number of amides is 1. The number of carbonyl (C=O) groups is 1. The lowest BCUT2D eigenvalue weighted by Gasteiger charge is -2.21. The molecule has 0 unspecified atom stereocenters. The van der Waals surface area contributed by atoms with Crippen LogP contribution < -0.4 is 5.73 Å². The fraction of sp³-hybridized carbons (Fsp3) is 0.417. The second kappa shape index (κ2) is 6.61. The second-order valence-corrected chi connectivity index (χ2v) is 4.61. The maximum atomic E-state index is 12.2. The van der Waals surface area contributed by atoms with Crippen LogP contribution >= 0.6 is 15.9 Å². The van der Waals surface area contributed by atoms with E-state index in [0.29, 0.717) is 24.3 Å².